The van der Waals surface area contributed by atoms with Crippen LogP contribution in [0.5, 0.6) is 11.5 Å². The lowest BCUT2D eigenvalue weighted by atomic mass is 10.1. The number of nitrogens with two attached hydrogens (primary N) is 2. The van der Waals surface area contributed by atoms with Gasteiger partial charge in [-0.1, -0.05) is 12.1 Å². The highest BCUT2D eigenvalue weighted by molar-refractivity contribution is 5.55. The van der Waals surface area contributed by atoms with E-state index >= 15 is 0 Å². The van der Waals surface area contributed by atoms with Crippen LogP contribution in [0.25, 0.3) is 0 Å². The van der Waals surface area contributed by atoms with Gasteiger partial charge in [0.15, 0.2) is 0 Å². The minimum absolute atomic E-state index is 0.0720. The molecule has 0 heterocycles. The van der Waals surface area contributed by atoms with Gasteiger partial charge in [-0.2, -0.15) is 13.2 Å². The van der Waals surface area contributed by atoms with E-state index < -0.39 is 17.5 Å². The number of aryl methyl sites for hydroxylation is 1. The highest BCUT2D eigenvalue weighted by Gasteiger charge is 2.35. The Kier molecular flexibility index (Phi) is 8.08. The first-order valence-electron chi connectivity index (χ1n) is 8.00. The maximum atomic E-state index is 13.0. The van der Waals surface area contributed by atoms with E-state index in [1.807, 2.05) is 13.0 Å². The number of benzene rings is 2. The number of ether oxygens (including phenoxy) is 1. The number of alkyl halides is 3. The minimum atomic E-state index is -4.62. The van der Waals surface area contributed by atoms with Crippen molar-refractivity contribution in [3.8, 4) is 11.5 Å². The van der Waals surface area contributed by atoms with Crippen LogP contribution in [0.2, 0.25) is 0 Å². The Balaban J connectivity index is 0.000000696. The van der Waals surface area contributed by atoms with Gasteiger partial charge in [0, 0.05) is 19.7 Å². The Hall–Kier alpha value is -2.98. The number of hydrazine groups is 2. The number of phenolic OH excluding ortho intramolecular Hbond substituents is 1. The van der Waals surface area contributed by atoms with Crippen LogP contribution in [0.1, 0.15) is 16.7 Å². The summed E-state index contributed by atoms with van der Waals surface area (Å²) in [5.41, 5.74) is 1.19. The van der Waals surface area contributed by atoms with Crippen molar-refractivity contribution in [2.75, 3.05) is 19.1 Å². The molecule has 0 atom stereocenters. The molecule has 0 fully saturated rings. The molecule has 0 aliphatic carbocycles. The summed E-state index contributed by atoms with van der Waals surface area (Å²) in [6, 6.07) is 8.28. The molecule has 2 aromatic rings. The third kappa shape index (κ3) is 6.63. The fourth-order valence-corrected chi connectivity index (χ4v) is 2.22. The first-order chi connectivity index (χ1) is 13.0. The molecule has 10 heteroatoms. The second kappa shape index (κ2) is 9.81. The number of anilines is 1. The largest absolute Gasteiger partial charge is 0.508 e. The molecule has 1 amide bonds. The second-order valence-electron chi connectivity index (χ2n) is 5.92. The summed E-state index contributed by atoms with van der Waals surface area (Å²) in [5, 5.41) is 11.6. The maximum Gasteiger partial charge on any atom is 0.420 e. The van der Waals surface area contributed by atoms with Gasteiger partial charge in [0.25, 0.3) is 0 Å². The van der Waals surface area contributed by atoms with Crippen LogP contribution in [0.3, 0.4) is 0 Å². The Bertz CT molecular complexity index is 796. The number of carbonyl (C=O) groups excluding carboxylic acids is 1. The molecule has 2 aromatic carbocycles. The molecular formula is C18H23F3N4O3. The smallest absolute Gasteiger partial charge is 0.420 e. The number of carbonyl (C=O) groups is 1. The zero-order valence-corrected chi connectivity index (χ0v) is 15.7. The minimum Gasteiger partial charge on any atom is -0.508 e. The molecule has 0 aliphatic rings. The van der Waals surface area contributed by atoms with Crippen LogP contribution in [-0.4, -0.2) is 30.6 Å². The molecule has 0 bridgehead atoms. The molecule has 5 N–H and O–H groups in total. The zero-order chi connectivity index (χ0) is 21.5. The number of phenols is 1. The van der Waals surface area contributed by atoms with Crippen LogP contribution in [0.15, 0.2) is 36.4 Å². The fraction of sp³-hybridized carbons (Fsp3) is 0.278. The fourth-order valence-electron chi connectivity index (χ4n) is 2.22. The summed E-state index contributed by atoms with van der Waals surface area (Å²) < 4.78 is 44.4. The summed E-state index contributed by atoms with van der Waals surface area (Å²) in [6.07, 6.45) is -4.09. The van der Waals surface area contributed by atoms with Gasteiger partial charge in [0.2, 0.25) is 6.41 Å². The Morgan fingerprint density at radius 1 is 1.18 bits per heavy atom. The predicted octanol–water partition coefficient (Wildman–Crippen LogP) is 2.56. The molecule has 0 aromatic heterocycles. The highest BCUT2D eigenvalue weighted by atomic mass is 19.4. The van der Waals surface area contributed by atoms with Gasteiger partial charge in [0.1, 0.15) is 23.7 Å². The lowest BCUT2D eigenvalue weighted by Crippen LogP contribution is -2.26. The van der Waals surface area contributed by atoms with Crippen molar-refractivity contribution in [2.24, 2.45) is 11.7 Å². The van der Waals surface area contributed by atoms with Crippen LogP contribution in [-0.2, 0) is 17.6 Å². The van der Waals surface area contributed by atoms with E-state index in [1.165, 1.54) is 12.1 Å². The molecule has 2 rings (SSSR count). The van der Waals surface area contributed by atoms with Gasteiger partial charge in [-0.25, -0.2) is 11.7 Å². The van der Waals surface area contributed by atoms with Crippen LogP contribution in [0, 0.1) is 6.92 Å². The lowest BCUT2D eigenvalue weighted by molar-refractivity contribution is -0.139. The van der Waals surface area contributed by atoms with E-state index in [-0.39, 0.29) is 12.4 Å². The van der Waals surface area contributed by atoms with E-state index in [2.05, 4.69) is 0 Å². The third-order valence-corrected chi connectivity index (χ3v) is 3.57. The average Bonchev–Trinajstić information content (AvgIpc) is 2.60. The van der Waals surface area contributed by atoms with Crippen LogP contribution >= 0.6 is 0 Å². The van der Waals surface area contributed by atoms with E-state index in [4.69, 9.17) is 16.4 Å². The van der Waals surface area contributed by atoms with Gasteiger partial charge >= 0.3 is 6.18 Å². The standard InChI is InChI=1S/C16H17F3N2O2.C2H6N2O/c1-10-4-3-5-14(21(2)20)12(10)9-23-15-7-6-11(22)8-13(15)16(17,18)19;1-4(3)2-5/h3-8,22H,9,20H2,1-2H3;2H,3H2,1H3. The summed E-state index contributed by atoms with van der Waals surface area (Å²) in [4.78, 5) is 9.31. The van der Waals surface area contributed by atoms with Gasteiger partial charge in [-0.3, -0.25) is 9.80 Å². The van der Waals surface area contributed by atoms with Crippen molar-refractivity contribution in [1.29, 1.82) is 0 Å². The molecule has 0 radical (unpaired) electrons. The van der Waals surface area contributed by atoms with Gasteiger partial charge in [-0.05, 0) is 36.8 Å². The SMILES string of the molecule is CN(N)C=O.Cc1cccc(N(C)N)c1COc1ccc(O)cc1C(F)(F)F. The first kappa shape index (κ1) is 23.1. The monoisotopic (exact) mass is 400 g/mol. The lowest BCUT2D eigenvalue weighted by Gasteiger charge is -2.20. The Morgan fingerprint density at radius 2 is 1.79 bits per heavy atom. The number of hydrogen-bond acceptors (Lipinski definition) is 6. The van der Waals surface area contributed by atoms with Crippen LogP contribution < -0.4 is 21.4 Å². The molecule has 28 heavy (non-hydrogen) atoms. The van der Waals surface area contributed by atoms with Gasteiger partial charge in [0.05, 0.1) is 5.69 Å². The molecule has 0 spiro atoms. The van der Waals surface area contributed by atoms with E-state index in [0.717, 1.165) is 22.7 Å². The van der Waals surface area contributed by atoms with Crippen molar-refractivity contribution >= 4 is 12.1 Å². The van der Waals surface area contributed by atoms with Gasteiger partial charge in [-0.15, -0.1) is 0 Å². The topological polar surface area (TPSA) is 105 Å². The first-order valence-corrected chi connectivity index (χ1v) is 8.00. The quantitative estimate of drug-likeness (QED) is 0.308. The number of nitrogens with zero attached hydrogens (tertiary/aromatic N) is 2. The normalized spacial score (nSPS) is 10.6. The second-order valence-corrected chi connectivity index (χ2v) is 5.92. The Morgan fingerprint density at radius 3 is 2.29 bits per heavy atom. The number of amides is 1. The number of hydrogen-bond donors (Lipinski definition) is 3. The summed E-state index contributed by atoms with van der Waals surface area (Å²) >= 11 is 0. The van der Waals surface area contributed by atoms with Crippen LogP contribution in [0.4, 0.5) is 18.9 Å². The Labute approximate surface area is 160 Å². The molecule has 0 saturated heterocycles. The molecule has 0 saturated carbocycles. The molecule has 7 nitrogen and oxygen atoms in total. The van der Waals surface area contributed by atoms with E-state index in [0.29, 0.717) is 23.7 Å². The molecule has 0 unspecified atom stereocenters. The number of aromatic hydroxyl groups is 1. The summed E-state index contributed by atoms with van der Waals surface area (Å²) in [5.74, 6) is 9.68. The summed E-state index contributed by atoms with van der Waals surface area (Å²) in [6.45, 7) is 1.75. The summed E-state index contributed by atoms with van der Waals surface area (Å²) in [7, 11) is 3.10. The van der Waals surface area contributed by atoms with E-state index in [1.54, 1.807) is 19.2 Å². The molecule has 154 valence electrons. The third-order valence-electron chi connectivity index (χ3n) is 3.57. The zero-order valence-electron chi connectivity index (χ0n) is 15.7. The maximum absolute atomic E-state index is 13.0. The highest BCUT2D eigenvalue weighted by Crippen LogP contribution is 2.38. The van der Waals surface area contributed by atoms with Crippen molar-refractivity contribution in [1.82, 2.24) is 5.01 Å². The predicted molar refractivity (Wildman–Crippen MR) is 99.2 cm³/mol. The van der Waals surface area contributed by atoms with Crippen molar-refractivity contribution in [3.63, 3.8) is 0 Å². The van der Waals surface area contributed by atoms with Crippen molar-refractivity contribution in [3.05, 3.63) is 53.1 Å². The van der Waals surface area contributed by atoms with E-state index in [9.17, 15) is 23.1 Å². The molecular weight excluding hydrogens is 377 g/mol. The number of rotatable bonds is 5. The van der Waals surface area contributed by atoms with Crippen molar-refractivity contribution < 1.29 is 27.8 Å². The average molecular weight is 400 g/mol. The number of halogens is 3. The van der Waals surface area contributed by atoms with Crippen molar-refractivity contribution in [2.45, 2.75) is 19.7 Å². The van der Waals surface area contributed by atoms with Gasteiger partial charge < -0.3 is 14.9 Å². The molecule has 0 aliphatic heterocycles.